The molecule has 0 saturated heterocycles. The predicted molar refractivity (Wildman–Crippen MR) is 58.9 cm³/mol. The minimum Gasteiger partial charge on any atom is -0.480 e. The number of nitrogens with one attached hydrogen (secondary N) is 1. The number of aromatic nitrogens is 1. The van der Waals surface area contributed by atoms with Gasteiger partial charge in [0.1, 0.15) is 11.0 Å². The van der Waals surface area contributed by atoms with E-state index in [0.29, 0.717) is 0 Å². The lowest BCUT2D eigenvalue weighted by Crippen LogP contribution is -2.32. The summed E-state index contributed by atoms with van der Waals surface area (Å²) in [5.41, 5.74) is 0. The van der Waals surface area contributed by atoms with E-state index in [1.807, 2.05) is 4.72 Å². The van der Waals surface area contributed by atoms with Crippen molar-refractivity contribution in [3.8, 4) is 0 Å². The lowest BCUT2D eigenvalue weighted by Gasteiger charge is -2.10. The van der Waals surface area contributed by atoms with Gasteiger partial charge in [0.05, 0.1) is 0 Å². The highest BCUT2D eigenvalue weighted by atomic mass is 35.5. The summed E-state index contributed by atoms with van der Waals surface area (Å²) in [5, 5.41) is 7.14. The quantitative estimate of drug-likeness (QED) is 0.789. The van der Waals surface area contributed by atoms with E-state index in [4.69, 9.17) is 16.7 Å². The van der Waals surface area contributed by atoms with Crippen molar-refractivity contribution in [3.05, 3.63) is 23.4 Å². The molecule has 0 spiro atoms. The van der Waals surface area contributed by atoms with E-state index in [0.717, 1.165) is 6.92 Å². The minimum atomic E-state index is -4.00. The molecule has 2 N–H and O–H groups in total. The van der Waals surface area contributed by atoms with Crippen LogP contribution in [0.25, 0.3) is 0 Å². The summed E-state index contributed by atoms with van der Waals surface area (Å²) < 4.78 is 25.0. The first-order valence-corrected chi connectivity index (χ1v) is 6.12. The molecule has 1 aromatic heterocycles. The summed E-state index contributed by atoms with van der Waals surface area (Å²) in [4.78, 5) is 14.2. The van der Waals surface area contributed by atoms with E-state index in [-0.39, 0.29) is 11.0 Å². The molecule has 1 aromatic rings. The predicted octanol–water partition coefficient (Wildman–Crippen LogP) is 0.950. The zero-order chi connectivity index (χ0) is 12.3. The van der Waals surface area contributed by atoms with Crippen LogP contribution in [0.4, 0.5) is 5.82 Å². The van der Waals surface area contributed by atoms with Crippen LogP contribution in [0.15, 0.2) is 18.2 Å². The highest BCUT2D eigenvalue weighted by Crippen LogP contribution is 2.12. The summed E-state index contributed by atoms with van der Waals surface area (Å²) in [5.74, 6) is -1.45. The second-order valence-corrected chi connectivity index (χ2v) is 5.36. The van der Waals surface area contributed by atoms with E-state index in [1.54, 1.807) is 0 Å². The molecule has 0 amide bonds. The van der Waals surface area contributed by atoms with Crippen molar-refractivity contribution in [1.82, 2.24) is 4.98 Å². The molecule has 0 fully saturated rings. The van der Waals surface area contributed by atoms with Crippen LogP contribution in [0.5, 0.6) is 0 Å². The van der Waals surface area contributed by atoms with Crippen LogP contribution in [0.1, 0.15) is 6.92 Å². The van der Waals surface area contributed by atoms with Crippen molar-refractivity contribution in [2.24, 2.45) is 0 Å². The van der Waals surface area contributed by atoms with Crippen molar-refractivity contribution in [2.75, 3.05) is 4.72 Å². The molecule has 0 bridgehead atoms. The van der Waals surface area contributed by atoms with Gasteiger partial charge in [-0.05, 0) is 19.1 Å². The zero-order valence-electron chi connectivity index (χ0n) is 8.21. The van der Waals surface area contributed by atoms with Crippen LogP contribution >= 0.6 is 11.6 Å². The average molecular weight is 265 g/mol. The second kappa shape index (κ2) is 4.67. The van der Waals surface area contributed by atoms with E-state index in [9.17, 15) is 13.2 Å². The summed E-state index contributed by atoms with van der Waals surface area (Å²) in [6.07, 6.45) is 0. The minimum absolute atomic E-state index is 0.0133. The normalized spacial score (nSPS) is 13.1. The fraction of sp³-hybridized carbons (Fsp3) is 0.250. The number of rotatable bonds is 4. The molecular formula is C8H9ClN2O4S. The second-order valence-electron chi connectivity index (χ2n) is 2.97. The summed E-state index contributed by atoms with van der Waals surface area (Å²) in [7, 11) is -4.00. The number of carbonyl (C=O) groups is 1. The number of halogens is 1. The Balaban J connectivity index is 2.93. The Morgan fingerprint density at radius 3 is 2.69 bits per heavy atom. The number of carboxylic acid groups (broad SMARTS) is 1. The molecule has 1 atom stereocenters. The van der Waals surface area contributed by atoms with Crippen LogP contribution in [0.2, 0.25) is 5.15 Å². The third-order valence-corrected chi connectivity index (χ3v) is 3.61. The monoisotopic (exact) mass is 264 g/mol. The fourth-order valence-electron chi connectivity index (χ4n) is 0.832. The maximum absolute atomic E-state index is 11.5. The first kappa shape index (κ1) is 12.7. The van der Waals surface area contributed by atoms with Crippen LogP contribution in [-0.4, -0.2) is 29.7 Å². The zero-order valence-corrected chi connectivity index (χ0v) is 9.79. The maximum atomic E-state index is 11.5. The number of hydrogen-bond acceptors (Lipinski definition) is 4. The molecule has 1 rings (SSSR count). The Morgan fingerprint density at radius 2 is 2.19 bits per heavy atom. The van der Waals surface area contributed by atoms with Crippen LogP contribution in [0.3, 0.4) is 0 Å². The lowest BCUT2D eigenvalue weighted by atomic mass is 10.5. The topological polar surface area (TPSA) is 96.4 Å². The third-order valence-electron chi connectivity index (χ3n) is 1.78. The van der Waals surface area contributed by atoms with Gasteiger partial charge in [0.25, 0.3) is 0 Å². The van der Waals surface area contributed by atoms with E-state index < -0.39 is 21.2 Å². The molecule has 1 heterocycles. The van der Waals surface area contributed by atoms with Gasteiger partial charge in [-0.2, -0.15) is 0 Å². The molecule has 0 saturated carbocycles. The number of sulfonamides is 1. The number of aliphatic carboxylic acids is 1. The lowest BCUT2D eigenvalue weighted by molar-refractivity contribution is -0.136. The SMILES string of the molecule is CC(C(=O)O)S(=O)(=O)Nc1cccc(Cl)n1. The van der Waals surface area contributed by atoms with Gasteiger partial charge in [-0.15, -0.1) is 0 Å². The standard InChI is InChI=1S/C8H9ClN2O4S/c1-5(8(12)13)16(14,15)11-7-4-2-3-6(9)10-7/h2-5H,1H3,(H,10,11)(H,12,13). The summed E-state index contributed by atoms with van der Waals surface area (Å²) in [6, 6.07) is 4.34. The molecule has 88 valence electrons. The van der Waals surface area contributed by atoms with E-state index in [2.05, 4.69) is 4.98 Å². The Hall–Kier alpha value is -1.34. The van der Waals surface area contributed by atoms with Crippen LogP contribution in [0, 0.1) is 0 Å². The van der Waals surface area contributed by atoms with Gasteiger partial charge in [0.15, 0.2) is 5.25 Å². The number of anilines is 1. The van der Waals surface area contributed by atoms with E-state index in [1.165, 1.54) is 18.2 Å². The molecule has 0 aromatic carbocycles. The number of nitrogens with zero attached hydrogens (tertiary/aromatic N) is 1. The fourth-order valence-corrected chi connectivity index (χ4v) is 1.84. The van der Waals surface area contributed by atoms with Gasteiger partial charge in [-0.25, -0.2) is 13.4 Å². The van der Waals surface area contributed by atoms with Crippen molar-refractivity contribution in [2.45, 2.75) is 12.2 Å². The Morgan fingerprint density at radius 1 is 1.56 bits per heavy atom. The highest BCUT2D eigenvalue weighted by molar-refractivity contribution is 7.94. The molecular weight excluding hydrogens is 256 g/mol. The molecule has 6 nitrogen and oxygen atoms in total. The van der Waals surface area contributed by atoms with Gasteiger partial charge in [-0.1, -0.05) is 17.7 Å². The molecule has 8 heteroatoms. The van der Waals surface area contributed by atoms with Gasteiger partial charge in [0.2, 0.25) is 10.0 Å². The smallest absolute Gasteiger partial charge is 0.323 e. The first-order chi connectivity index (χ1) is 7.33. The average Bonchev–Trinajstić information content (AvgIpc) is 2.15. The summed E-state index contributed by atoms with van der Waals surface area (Å²) >= 11 is 5.55. The number of carboxylic acids is 1. The molecule has 1 unspecified atom stereocenters. The van der Waals surface area contributed by atoms with Crippen molar-refractivity contribution in [1.29, 1.82) is 0 Å². The van der Waals surface area contributed by atoms with Crippen molar-refractivity contribution >= 4 is 33.4 Å². The Kier molecular flexibility index (Phi) is 3.71. The van der Waals surface area contributed by atoms with E-state index >= 15 is 0 Å². The first-order valence-electron chi connectivity index (χ1n) is 4.20. The Bertz CT molecular complexity index is 503. The molecule has 0 aliphatic carbocycles. The van der Waals surface area contributed by atoms with Gasteiger partial charge >= 0.3 is 5.97 Å². The van der Waals surface area contributed by atoms with Gasteiger partial charge < -0.3 is 5.11 Å². The Labute approximate surface area is 97.3 Å². The highest BCUT2D eigenvalue weighted by Gasteiger charge is 2.27. The van der Waals surface area contributed by atoms with Crippen LogP contribution in [-0.2, 0) is 14.8 Å². The third kappa shape index (κ3) is 3.07. The summed E-state index contributed by atoms with van der Waals surface area (Å²) in [6.45, 7) is 1.06. The maximum Gasteiger partial charge on any atom is 0.323 e. The van der Waals surface area contributed by atoms with Crippen LogP contribution < -0.4 is 4.72 Å². The molecule has 0 aliphatic rings. The largest absolute Gasteiger partial charge is 0.480 e. The number of hydrogen-bond donors (Lipinski definition) is 2. The molecule has 0 aliphatic heterocycles. The van der Waals surface area contributed by atoms with Gasteiger partial charge in [-0.3, -0.25) is 9.52 Å². The van der Waals surface area contributed by atoms with Crippen molar-refractivity contribution in [3.63, 3.8) is 0 Å². The van der Waals surface area contributed by atoms with Crippen molar-refractivity contribution < 1.29 is 18.3 Å². The number of pyridine rings is 1. The molecule has 0 radical (unpaired) electrons. The molecule has 16 heavy (non-hydrogen) atoms. The van der Waals surface area contributed by atoms with Gasteiger partial charge in [0, 0.05) is 0 Å².